The van der Waals surface area contributed by atoms with Gasteiger partial charge < -0.3 is 18.9 Å². The molecule has 7 nitrogen and oxygen atoms in total. The average Bonchev–Trinajstić information content (AvgIpc) is 3.35. The summed E-state index contributed by atoms with van der Waals surface area (Å²) in [4.78, 5) is 4.96. The Labute approximate surface area is 178 Å². The summed E-state index contributed by atoms with van der Waals surface area (Å²) in [6.45, 7) is 10.2. The average molecular weight is 428 g/mol. The third-order valence-electron chi connectivity index (χ3n) is 4.91. The molecule has 1 aliphatic heterocycles. The lowest BCUT2D eigenvalue weighted by Crippen LogP contribution is -2.28. The minimum atomic E-state index is -1.24. The van der Waals surface area contributed by atoms with E-state index in [1.54, 1.807) is 0 Å². The molecule has 160 valence electrons. The molecule has 1 saturated heterocycles. The summed E-state index contributed by atoms with van der Waals surface area (Å²) < 4.78 is 18.8. The van der Waals surface area contributed by atoms with Crippen LogP contribution in [0.3, 0.4) is 0 Å². The van der Waals surface area contributed by atoms with Gasteiger partial charge in [-0.1, -0.05) is 44.2 Å². The smallest absolute Gasteiger partial charge is 0.332 e. The molecular formula is C22H29N4O3P. The lowest BCUT2D eigenvalue weighted by atomic mass is 10.0. The van der Waals surface area contributed by atoms with E-state index >= 15 is 0 Å². The van der Waals surface area contributed by atoms with Crippen molar-refractivity contribution in [1.82, 2.24) is 14.6 Å². The van der Waals surface area contributed by atoms with Crippen LogP contribution >= 0.6 is 8.60 Å². The Balaban J connectivity index is 1.67. The molecule has 4 rings (SSSR count). The predicted octanol–water partition coefficient (Wildman–Crippen LogP) is 5.13. The summed E-state index contributed by atoms with van der Waals surface area (Å²) in [5.41, 5.74) is 5.12. The van der Waals surface area contributed by atoms with Crippen LogP contribution in [-0.2, 0) is 13.6 Å². The van der Waals surface area contributed by atoms with E-state index in [-0.39, 0.29) is 6.04 Å². The second-order valence-corrected chi connectivity index (χ2v) is 9.26. The predicted molar refractivity (Wildman–Crippen MR) is 120 cm³/mol. The van der Waals surface area contributed by atoms with E-state index in [2.05, 4.69) is 44.3 Å². The van der Waals surface area contributed by atoms with E-state index in [1.165, 1.54) is 0 Å². The van der Waals surface area contributed by atoms with Gasteiger partial charge in [-0.3, -0.25) is 0 Å². The van der Waals surface area contributed by atoms with Gasteiger partial charge in [0.1, 0.15) is 5.69 Å². The van der Waals surface area contributed by atoms with Crippen molar-refractivity contribution >= 4 is 20.1 Å². The molecule has 1 aliphatic rings. The van der Waals surface area contributed by atoms with Gasteiger partial charge in [-0.05, 0) is 37.8 Å². The quantitative estimate of drug-likeness (QED) is 0.502. The number of hydrogen-bond acceptors (Lipinski definition) is 6. The molecule has 1 fully saturated rings. The van der Waals surface area contributed by atoms with Gasteiger partial charge in [0.05, 0.1) is 37.1 Å². The molecule has 8 heteroatoms. The van der Waals surface area contributed by atoms with Crippen LogP contribution in [0.4, 0.5) is 5.95 Å². The number of fused-ring (bicyclic) bond motifs is 1. The molecule has 0 spiro atoms. The van der Waals surface area contributed by atoms with Crippen LogP contribution in [0.2, 0.25) is 0 Å². The van der Waals surface area contributed by atoms with Crippen LogP contribution in [0, 0.1) is 19.8 Å². The van der Waals surface area contributed by atoms with Gasteiger partial charge in [0.25, 0.3) is 0 Å². The number of aryl methyl sites for hydroxylation is 2. The molecule has 30 heavy (non-hydrogen) atoms. The summed E-state index contributed by atoms with van der Waals surface area (Å²) in [6.07, 6.45) is 0.934. The van der Waals surface area contributed by atoms with Crippen molar-refractivity contribution in [3.63, 3.8) is 0 Å². The zero-order valence-electron chi connectivity index (χ0n) is 18.0. The van der Waals surface area contributed by atoms with E-state index in [1.807, 2.05) is 29.6 Å². The lowest BCUT2D eigenvalue weighted by Gasteiger charge is -2.21. The van der Waals surface area contributed by atoms with Crippen molar-refractivity contribution in [3.8, 4) is 11.3 Å². The van der Waals surface area contributed by atoms with Crippen LogP contribution in [0.1, 0.15) is 31.5 Å². The summed E-state index contributed by atoms with van der Waals surface area (Å²) in [7, 11) is -1.24. The van der Waals surface area contributed by atoms with Gasteiger partial charge in [-0.15, -0.1) is 0 Å². The van der Waals surface area contributed by atoms with E-state index in [0.29, 0.717) is 25.7 Å². The molecular weight excluding hydrogens is 399 g/mol. The van der Waals surface area contributed by atoms with Crippen molar-refractivity contribution < 1.29 is 13.6 Å². The van der Waals surface area contributed by atoms with Crippen LogP contribution in [-0.4, -0.2) is 40.5 Å². The number of imidazole rings is 1. The Bertz CT molecular complexity index is 987. The van der Waals surface area contributed by atoms with E-state index in [4.69, 9.17) is 23.7 Å². The Morgan fingerprint density at radius 2 is 1.90 bits per heavy atom. The van der Waals surface area contributed by atoms with Gasteiger partial charge in [0.15, 0.2) is 0 Å². The zero-order chi connectivity index (χ0) is 21.1. The van der Waals surface area contributed by atoms with Crippen LogP contribution in [0.25, 0.3) is 16.8 Å². The van der Waals surface area contributed by atoms with Gasteiger partial charge in [0.2, 0.25) is 5.95 Å². The second kappa shape index (κ2) is 9.40. The number of aromatic nitrogens is 3. The fourth-order valence-electron chi connectivity index (χ4n) is 3.73. The van der Waals surface area contributed by atoms with E-state index < -0.39 is 8.60 Å². The van der Waals surface area contributed by atoms with E-state index in [9.17, 15) is 0 Å². The number of hydrogen-bond donors (Lipinski definition) is 1. The Morgan fingerprint density at radius 3 is 2.60 bits per heavy atom. The molecule has 3 aromatic rings. The first-order chi connectivity index (χ1) is 14.5. The summed E-state index contributed by atoms with van der Waals surface area (Å²) in [5, 5.41) is 8.34. The number of benzene rings is 1. The maximum Gasteiger partial charge on any atom is 0.332 e. The number of rotatable bonds is 8. The minimum absolute atomic E-state index is 0.0668. The molecule has 3 heterocycles. The van der Waals surface area contributed by atoms with Gasteiger partial charge in [-0.2, -0.15) is 9.61 Å². The molecule has 0 radical (unpaired) electrons. The highest BCUT2D eigenvalue weighted by Crippen LogP contribution is 2.43. The summed E-state index contributed by atoms with van der Waals surface area (Å²) in [6, 6.07) is 12.4. The maximum absolute atomic E-state index is 5.89. The first kappa shape index (κ1) is 21.2. The van der Waals surface area contributed by atoms with Crippen molar-refractivity contribution in [2.75, 3.05) is 25.1 Å². The van der Waals surface area contributed by atoms with Crippen molar-refractivity contribution in [3.05, 3.63) is 47.7 Å². The third-order valence-corrected chi connectivity index (χ3v) is 6.05. The highest BCUT2D eigenvalue weighted by atomic mass is 31.2. The topological polar surface area (TPSA) is 69.9 Å². The summed E-state index contributed by atoms with van der Waals surface area (Å²) >= 11 is 0. The molecule has 1 N–H and O–H groups in total. The minimum Gasteiger partial charge on any atom is -0.349 e. The first-order valence-electron chi connectivity index (χ1n) is 10.4. The third kappa shape index (κ3) is 4.81. The van der Waals surface area contributed by atoms with E-state index in [0.717, 1.165) is 40.4 Å². The highest BCUT2D eigenvalue weighted by Gasteiger charge is 2.24. The van der Waals surface area contributed by atoms with Crippen molar-refractivity contribution in [2.24, 2.45) is 5.92 Å². The summed E-state index contributed by atoms with van der Waals surface area (Å²) in [5.74, 6) is 1.23. The molecule has 1 unspecified atom stereocenters. The fraction of sp³-hybridized carbons (Fsp3) is 0.455. The zero-order valence-corrected chi connectivity index (χ0v) is 18.9. The molecule has 0 bridgehead atoms. The van der Waals surface area contributed by atoms with Gasteiger partial charge in [0, 0.05) is 5.56 Å². The van der Waals surface area contributed by atoms with Crippen molar-refractivity contribution in [1.29, 1.82) is 0 Å². The lowest BCUT2D eigenvalue weighted by molar-refractivity contribution is 0.228. The molecule has 1 atom stereocenters. The molecule has 0 amide bonds. The fourth-order valence-corrected chi connectivity index (χ4v) is 4.70. The second-order valence-electron chi connectivity index (χ2n) is 8.04. The largest absolute Gasteiger partial charge is 0.349 e. The first-order valence-corrected chi connectivity index (χ1v) is 11.5. The van der Waals surface area contributed by atoms with Crippen LogP contribution in [0.15, 0.2) is 36.4 Å². The number of nitrogens with zero attached hydrogens (tertiary/aromatic N) is 3. The standard InChI is InChI=1S/C22H29N4O3P/c1-15(2)12-19(14-29-30-27-10-11-28-30)23-22-24-20(18-8-6-5-7-9-18)21-16(3)13-17(4)25-26(21)22/h5-9,13,15,19H,10-12,14H2,1-4H3,(H,23,24). The molecule has 1 aromatic carbocycles. The maximum atomic E-state index is 5.89. The SMILES string of the molecule is Cc1cc(C)c2c(-c3ccccc3)nc(NC(COP3OCCO3)CC(C)C)n2n1. The number of nitrogens with one attached hydrogen (secondary N) is 1. The Kier molecular flexibility index (Phi) is 6.64. The normalized spacial score (nSPS) is 15.9. The Hall–Kier alpha value is -2.05. The Morgan fingerprint density at radius 1 is 1.17 bits per heavy atom. The van der Waals surface area contributed by atoms with Gasteiger partial charge >= 0.3 is 8.60 Å². The van der Waals surface area contributed by atoms with Gasteiger partial charge in [-0.25, -0.2) is 4.98 Å². The monoisotopic (exact) mass is 428 g/mol. The van der Waals surface area contributed by atoms with Crippen LogP contribution < -0.4 is 5.32 Å². The molecule has 0 aliphatic carbocycles. The van der Waals surface area contributed by atoms with Crippen molar-refractivity contribution in [2.45, 2.75) is 40.2 Å². The van der Waals surface area contributed by atoms with Crippen LogP contribution in [0.5, 0.6) is 0 Å². The highest BCUT2D eigenvalue weighted by molar-refractivity contribution is 7.41. The number of anilines is 1. The molecule has 2 aromatic heterocycles. The molecule has 0 saturated carbocycles.